The van der Waals surface area contributed by atoms with Crippen molar-refractivity contribution in [1.82, 2.24) is 9.97 Å². The monoisotopic (exact) mass is 288 g/mol. The van der Waals surface area contributed by atoms with E-state index in [9.17, 15) is 0 Å². The van der Waals surface area contributed by atoms with Crippen LogP contribution >= 0.6 is 11.8 Å². The molecule has 0 fully saturated rings. The standard InChI is InChI=1S/C15H16N2O2S/c1-18-13-8-11(15(20-3)9-14(13)19-2)4-5-12-6-7-16-10-17-12/h4-10H,1-3H3/b5-4+. The predicted octanol–water partition coefficient (Wildman–Crippen LogP) is 3.39. The Kier molecular flexibility index (Phi) is 5.01. The quantitative estimate of drug-likeness (QED) is 0.789. The van der Waals surface area contributed by atoms with Crippen molar-refractivity contribution in [1.29, 1.82) is 0 Å². The lowest BCUT2D eigenvalue weighted by Crippen LogP contribution is -1.92. The zero-order chi connectivity index (χ0) is 14.4. The van der Waals surface area contributed by atoms with Gasteiger partial charge in [-0.05, 0) is 36.1 Å². The van der Waals surface area contributed by atoms with E-state index in [0.717, 1.165) is 21.9 Å². The van der Waals surface area contributed by atoms with Crippen LogP contribution in [0.5, 0.6) is 11.5 Å². The van der Waals surface area contributed by atoms with Gasteiger partial charge >= 0.3 is 0 Å². The Morgan fingerprint density at radius 1 is 1.10 bits per heavy atom. The molecule has 0 radical (unpaired) electrons. The van der Waals surface area contributed by atoms with Crippen molar-refractivity contribution < 1.29 is 9.47 Å². The molecule has 2 rings (SSSR count). The summed E-state index contributed by atoms with van der Waals surface area (Å²) in [6, 6.07) is 5.79. The highest BCUT2D eigenvalue weighted by molar-refractivity contribution is 7.98. The first-order chi connectivity index (χ1) is 9.78. The van der Waals surface area contributed by atoms with Crippen LogP contribution in [0, 0.1) is 0 Å². The molecule has 0 aliphatic carbocycles. The van der Waals surface area contributed by atoms with Gasteiger partial charge in [-0.1, -0.05) is 6.08 Å². The summed E-state index contributed by atoms with van der Waals surface area (Å²) < 4.78 is 10.6. The van der Waals surface area contributed by atoms with Crippen molar-refractivity contribution in [3.05, 3.63) is 42.0 Å². The first-order valence-corrected chi connectivity index (χ1v) is 7.25. The highest BCUT2D eigenvalue weighted by atomic mass is 32.2. The molecule has 2 aromatic rings. The van der Waals surface area contributed by atoms with Crippen molar-refractivity contribution >= 4 is 23.9 Å². The lowest BCUT2D eigenvalue weighted by Gasteiger charge is -2.11. The van der Waals surface area contributed by atoms with Gasteiger partial charge in [0.15, 0.2) is 11.5 Å². The van der Waals surface area contributed by atoms with Crippen LogP contribution in [0.2, 0.25) is 0 Å². The molecule has 0 saturated carbocycles. The number of nitrogens with zero attached hydrogens (tertiary/aromatic N) is 2. The summed E-state index contributed by atoms with van der Waals surface area (Å²) >= 11 is 1.66. The van der Waals surface area contributed by atoms with Gasteiger partial charge in [-0.2, -0.15) is 0 Å². The smallest absolute Gasteiger partial charge is 0.161 e. The molecule has 20 heavy (non-hydrogen) atoms. The van der Waals surface area contributed by atoms with Gasteiger partial charge in [-0.3, -0.25) is 0 Å². The second-order valence-electron chi connectivity index (χ2n) is 3.92. The molecule has 4 nitrogen and oxygen atoms in total. The van der Waals surface area contributed by atoms with Gasteiger partial charge in [0.25, 0.3) is 0 Å². The molecule has 0 unspecified atom stereocenters. The van der Waals surface area contributed by atoms with Crippen molar-refractivity contribution in [3.8, 4) is 11.5 Å². The van der Waals surface area contributed by atoms with Gasteiger partial charge in [-0.25, -0.2) is 9.97 Å². The van der Waals surface area contributed by atoms with Crippen LogP contribution in [-0.2, 0) is 0 Å². The van der Waals surface area contributed by atoms with Crippen molar-refractivity contribution in [2.45, 2.75) is 4.90 Å². The maximum atomic E-state index is 5.33. The summed E-state index contributed by atoms with van der Waals surface area (Å²) in [6.07, 6.45) is 9.24. The van der Waals surface area contributed by atoms with Crippen LogP contribution in [0.25, 0.3) is 12.2 Å². The summed E-state index contributed by atoms with van der Waals surface area (Å²) in [5.41, 5.74) is 1.93. The average Bonchev–Trinajstić information content (AvgIpc) is 2.52. The van der Waals surface area contributed by atoms with Crippen molar-refractivity contribution in [3.63, 3.8) is 0 Å². The summed E-state index contributed by atoms with van der Waals surface area (Å²) in [7, 11) is 3.27. The normalized spacial score (nSPS) is 10.8. The number of ether oxygens (including phenoxy) is 2. The Bertz CT molecular complexity index is 600. The number of hydrogen-bond acceptors (Lipinski definition) is 5. The molecule has 1 aromatic heterocycles. The van der Waals surface area contributed by atoms with Gasteiger partial charge in [0, 0.05) is 11.1 Å². The van der Waals surface area contributed by atoms with Crippen LogP contribution in [0.1, 0.15) is 11.3 Å². The zero-order valence-electron chi connectivity index (χ0n) is 11.7. The largest absolute Gasteiger partial charge is 0.493 e. The molecule has 1 aromatic carbocycles. The van der Waals surface area contributed by atoms with Gasteiger partial charge in [0.1, 0.15) is 6.33 Å². The van der Waals surface area contributed by atoms with E-state index in [2.05, 4.69) is 9.97 Å². The summed E-state index contributed by atoms with van der Waals surface area (Å²) in [4.78, 5) is 9.18. The fourth-order valence-electron chi connectivity index (χ4n) is 1.76. The molecule has 0 N–H and O–H groups in total. The maximum absolute atomic E-state index is 5.33. The summed E-state index contributed by atoms with van der Waals surface area (Å²) in [5.74, 6) is 1.45. The minimum Gasteiger partial charge on any atom is -0.493 e. The zero-order valence-corrected chi connectivity index (χ0v) is 12.5. The lowest BCUT2D eigenvalue weighted by atomic mass is 10.1. The number of methoxy groups -OCH3 is 2. The molecular weight excluding hydrogens is 272 g/mol. The van der Waals surface area contributed by atoms with Crippen molar-refractivity contribution in [2.75, 3.05) is 20.5 Å². The van der Waals surface area contributed by atoms with Gasteiger partial charge in [0.2, 0.25) is 0 Å². The average molecular weight is 288 g/mol. The molecule has 0 spiro atoms. The molecule has 0 amide bonds. The summed E-state index contributed by atoms with van der Waals surface area (Å²) in [5, 5.41) is 0. The summed E-state index contributed by atoms with van der Waals surface area (Å²) in [6.45, 7) is 0. The molecule has 1 heterocycles. The van der Waals surface area contributed by atoms with E-state index in [1.807, 2.05) is 36.6 Å². The van der Waals surface area contributed by atoms with Crippen LogP contribution < -0.4 is 9.47 Å². The minimum atomic E-state index is 0.715. The number of aromatic nitrogens is 2. The number of rotatable bonds is 5. The highest BCUT2D eigenvalue weighted by Crippen LogP contribution is 2.35. The van der Waals surface area contributed by atoms with E-state index in [0.29, 0.717) is 5.75 Å². The number of hydrogen-bond donors (Lipinski definition) is 0. The first-order valence-electron chi connectivity index (χ1n) is 6.02. The van der Waals surface area contributed by atoms with Crippen LogP contribution in [0.3, 0.4) is 0 Å². The van der Waals surface area contributed by atoms with Crippen molar-refractivity contribution in [2.24, 2.45) is 0 Å². The minimum absolute atomic E-state index is 0.715. The third-order valence-electron chi connectivity index (χ3n) is 2.77. The third-order valence-corrected chi connectivity index (χ3v) is 3.57. The van der Waals surface area contributed by atoms with E-state index in [1.165, 1.54) is 6.33 Å². The molecule has 0 saturated heterocycles. The maximum Gasteiger partial charge on any atom is 0.161 e. The highest BCUT2D eigenvalue weighted by Gasteiger charge is 2.08. The molecule has 0 aliphatic heterocycles. The predicted molar refractivity (Wildman–Crippen MR) is 82.3 cm³/mol. The van der Waals surface area contributed by atoms with Gasteiger partial charge in [0.05, 0.1) is 19.9 Å². The Morgan fingerprint density at radius 2 is 1.85 bits per heavy atom. The van der Waals surface area contributed by atoms with E-state index in [1.54, 1.807) is 32.2 Å². The van der Waals surface area contributed by atoms with E-state index in [4.69, 9.17) is 9.47 Å². The molecule has 0 aliphatic rings. The molecule has 5 heteroatoms. The number of thioether (sulfide) groups is 1. The Hall–Kier alpha value is -2.01. The third kappa shape index (κ3) is 3.30. The molecule has 104 valence electrons. The molecule has 0 bridgehead atoms. The van der Waals surface area contributed by atoms with Crippen LogP contribution in [0.15, 0.2) is 35.6 Å². The Balaban J connectivity index is 2.37. The molecule has 0 atom stereocenters. The molecular formula is C15H16N2O2S. The van der Waals surface area contributed by atoms with Gasteiger partial charge < -0.3 is 9.47 Å². The van der Waals surface area contributed by atoms with E-state index >= 15 is 0 Å². The second kappa shape index (κ2) is 6.96. The van der Waals surface area contributed by atoms with Gasteiger partial charge in [-0.15, -0.1) is 11.8 Å². The SMILES string of the molecule is COc1cc(/C=C/c2ccncn2)c(SC)cc1OC. The van der Waals surface area contributed by atoms with E-state index in [-0.39, 0.29) is 0 Å². The Morgan fingerprint density at radius 3 is 2.45 bits per heavy atom. The fourth-order valence-corrected chi connectivity index (χ4v) is 2.35. The Labute approximate surface area is 122 Å². The first kappa shape index (κ1) is 14.4. The van der Waals surface area contributed by atoms with E-state index < -0.39 is 0 Å². The topological polar surface area (TPSA) is 44.2 Å². The second-order valence-corrected chi connectivity index (χ2v) is 4.76. The lowest BCUT2D eigenvalue weighted by molar-refractivity contribution is 0.354. The van der Waals surface area contributed by atoms with Crippen LogP contribution in [0.4, 0.5) is 0 Å². The van der Waals surface area contributed by atoms with Crippen LogP contribution in [-0.4, -0.2) is 30.4 Å². The number of benzene rings is 1. The fraction of sp³-hybridized carbons (Fsp3) is 0.200.